The minimum Gasteiger partial charge on any atom is -0.0917 e. The molecule has 4 aliphatic rings. The van der Waals surface area contributed by atoms with Crippen molar-refractivity contribution in [3.63, 3.8) is 0 Å². The third-order valence-electron chi connectivity index (χ3n) is 7.81. The molecule has 0 nitrogen and oxygen atoms in total. The van der Waals surface area contributed by atoms with Crippen LogP contribution in [-0.2, 0) is 17.1 Å². The molecule has 4 saturated carbocycles. The van der Waals surface area contributed by atoms with Crippen LogP contribution >= 0.6 is 15.8 Å². The minimum absolute atomic E-state index is 0. The summed E-state index contributed by atoms with van der Waals surface area (Å²) in [6.07, 6.45) is 32.1. The van der Waals surface area contributed by atoms with Gasteiger partial charge in [-0.25, -0.2) is 0 Å². The standard InChI is InChI=1S/C29H35P2.C5H5.B.Fe/c1-5-14-24(15-6-1)30(25-16-7-2-8-17-25)28-22-13-23-29(28)31(26-18-9-3-10-19-26)27-20-11-4-12-21-27;1-2-4-5-3-1;;/h1-2,5-8,13-17,22-23,26-27H,3-4,9-12,18-21H2;1-5H;;. The fourth-order valence-corrected chi connectivity index (χ4v) is 12.9. The average molecular weight is 577 g/mol. The predicted molar refractivity (Wildman–Crippen MR) is 166 cm³/mol. The molecule has 4 aliphatic carbocycles. The van der Waals surface area contributed by atoms with Gasteiger partial charge in [-0.3, -0.25) is 0 Å². The molecular formula is C34H40BFeP2. The molecule has 0 amide bonds. The van der Waals surface area contributed by atoms with Crippen molar-refractivity contribution in [2.24, 2.45) is 0 Å². The van der Waals surface area contributed by atoms with E-state index in [-0.39, 0.29) is 33.4 Å². The second kappa shape index (κ2) is 17.6. The number of hydrogen-bond donors (Lipinski definition) is 0. The van der Waals surface area contributed by atoms with Crippen LogP contribution < -0.4 is 10.6 Å². The monoisotopic (exact) mass is 577 g/mol. The zero-order valence-electron chi connectivity index (χ0n) is 22.4. The van der Waals surface area contributed by atoms with E-state index in [2.05, 4.69) is 79.9 Å². The average Bonchev–Trinajstić information content (AvgIpc) is 3.68. The molecule has 197 valence electrons. The van der Waals surface area contributed by atoms with E-state index in [4.69, 9.17) is 0 Å². The van der Waals surface area contributed by atoms with Crippen molar-refractivity contribution in [1.29, 1.82) is 0 Å². The van der Waals surface area contributed by atoms with E-state index in [9.17, 15) is 0 Å². The van der Waals surface area contributed by atoms with Crippen LogP contribution in [0.4, 0.5) is 0 Å². The molecule has 0 N–H and O–H groups in total. The van der Waals surface area contributed by atoms with Gasteiger partial charge in [0.1, 0.15) is 0 Å². The first-order valence-electron chi connectivity index (χ1n) is 14.0. The van der Waals surface area contributed by atoms with Crippen LogP contribution in [0.2, 0.25) is 0 Å². The summed E-state index contributed by atoms with van der Waals surface area (Å²) in [5.41, 5.74) is 5.34. The predicted octanol–water partition coefficient (Wildman–Crippen LogP) is 8.60. The largest absolute Gasteiger partial charge is 0.0917 e. The van der Waals surface area contributed by atoms with Crippen molar-refractivity contribution in [3.05, 3.63) is 123 Å². The third kappa shape index (κ3) is 8.69. The van der Waals surface area contributed by atoms with Crippen molar-refractivity contribution in [2.75, 3.05) is 0 Å². The molecule has 2 aromatic rings. The van der Waals surface area contributed by atoms with E-state index in [1.807, 2.05) is 32.1 Å². The number of rotatable bonds is 6. The van der Waals surface area contributed by atoms with Crippen LogP contribution in [0.15, 0.2) is 60.7 Å². The van der Waals surface area contributed by atoms with Gasteiger partial charge < -0.3 is 0 Å². The van der Waals surface area contributed by atoms with Crippen LogP contribution in [0.3, 0.4) is 0 Å². The Kier molecular flexibility index (Phi) is 15.0. The maximum Gasteiger partial charge on any atom is 0.0241 e. The fourth-order valence-electron chi connectivity index (χ4n) is 6.12. The molecule has 0 atom stereocenters. The minimum atomic E-state index is -0.488. The summed E-state index contributed by atoms with van der Waals surface area (Å²) in [5.74, 6) is 0. The van der Waals surface area contributed by atoms with E-state index in [1.165, 1.54) is 74.8 Å². The Hall–Kier alpha value is -0.116. The van der Waals surface area contributed by atoms with E-state index in [0.717, 1.165) is 11.3 Å². The summed E-state index contributed by atoms with van der Waals surface area (Å²) in [4.78, 5) is 0. The molecule has 38 heavy (non-hydrogen) atoms. The van der Waals surface area contributed by atoms with Crippen LogP contribution in [0, 0.1) is 62.7 Å². The Morgan fingerprint density at radius 1 is 0.474 bits per heavy atom. The van der Waals surface area contributed by atoms with Gasteiger partial charge in [0.2, 0.25) is 0 Å². The molecular weight excluding hydrogens is 537 g/mol. The van der Waals surface area contributed by atoms with E-state index >= 15 is 0 Å². The van der Waals surface area contributed by atoms with Gasteiger partial charge in [0.25, 0.3) is 0 Å². The summed E-state index contributed by atoms with van der Waals surface area (Å²) in [6.45, 7) is 0. The number of benzene rings is 2. The van der Waals surface area contributed by atoms with E-state index in [1.54, 1.807) is 11.3 Å². The molecule has 13 radical (unpaired) electrons. The molecule has 0 aliphatic heterocycles. The Bertz CT molecular complexity index is 797. The first-order valence-corrected chi connectivity index (χ1v) is 16.8. The Morgan fingerprint density at radius 3 is 1.29 bits per heavy atom. The zero-order valence-corrected chi connectivity index (χ0v) is 25.3. The summed E-state index contributed by atoms with van der Waals surface area (Å²) < 4.78 is 0. The van der Waals surface area contributed by atoms with Crippen LogP contribution in [-0.4, -0.2) is 19.7 Å². The quantitative estimate of drug-likeness (QED) is 0.238. The van der Waals surface area contributed by atoms with Crippen molar-refractivity contribution in [1.82, 2.24) is 0 Å². The van der Waals surface area contributed by atoms with Crippen LogP contribution in [0.25, 0.3) is 0 Å². The molecule has 0 saturated heterocycles. The Balaban J connectivity index is 0.000000515. The normalized spacial score (nSPS) is 21.5. The summed E-state index contributed by atoms with van der Waals surface area (Å²) in [6, 6.07) is 22.6. The SMILES string of the molecule is [B].[CH]1[CH][CH][CH][CH]1.[CH]1[CH][C](P(c2ccccc2)c2ccccc2)[C](P(C2CCCCC2)C2CCCCC2)[CH]1.[Fe]. The molecule has 0 bridgehead atoms. The molecule has 0 heterocycles. The van der Waals surface area contributed by atoms with Crippen molar-refractivity contribution < 1.29 is 17.1 Å². The first-order chi connectivity index (χ1) is 17.9. The van der Waals surface area contributed by atoms with Gasteiger partial charge in [-0.1, -0.05) is 107 Å². The molecule has 0 unspecified atom stereocenters. The summed E-state index contributed by atoms with van der Waals surface area (Å²) in [7, 11) is -0.561. The summed E-state index contributed by atoms with van der Waals surface area (Å²) in [5, 5.41) is 3.00. The number of hydrogen-bond acceptors (Lipinski definition) is 0. The van der Waals surface area contributed by atoms with Gasteiger partial charge in [-0.05, 0) is 107 Å². The van der Waals surface area contributed by atoms with Gasteiger partial charge in [0, 0.05) is 36.8 Å². The van der Waals surface area contributed by atoms with Crippen molar-refractivity contribution in [3.8, 4) is 0 Å². The van der Waals surface area contributed by atoms with E-state index < -0.39 is 7.92 Å². The summed E-state index contributed by atoms with van der Waals surface area (Å²) >= 11 is 0. The second-order valence-electron chi connectivity index (χ2n) is 10.3. The molecule has 4 heteroatoms. The van der Waals surface area contributed by atoms with Gasteiger partial charge in [0.15, 0.2) is 0 Å². The van der Waals surface area contributed by atoms with Gasteiger partial charge in [-0.2, -0.15) is 0 Å². The Labute approximate surface area is 249 Å². The topological polar surface area (TPSA) is 0 Å². The maximum absolute atomic E-state index is 2.55. The molecule has 6 rings (SSSR count). The van der Waals surface area contributed by atoms with Crippen LogP contribution in [0.5, 0.6) is 0 Å². The van der Waals surface area contributed by atoms with E-state index in [0.29, 0.717) is 0 Å². The molecule has 0 spiro atoms. The van der Waals surface area contributed by atoms with Crippen LogP contribution in [0.1, 0.15) is 64.2 Å². The first kappa shape index (κ1) is 32.4. The molecule has 0 aromatic heterocycles. The molecule has 2 aromatic carbocycles. The maximum atomic E-state index is 2.55. The van der Waals surface area contributed by atoms with Gasteiger partial charge in [-0.15, -0.1) is 0 Å². The zero-order chi connectivity index (χ0) is 24.4. The van der Waals surface area contributed by atoms with Crippen molar-refractivity contribution in [2.45, 2.75) is 75.5 Å². The fraction of sp³-hybridized carbons (Fsp3) is 0.353. The second-order valence-corrected chi connectivity index (χ2v) is 15.2. The van der Waals surface area contributed by atoms with Crippen molar-refractivity contribution >= 4 is 34.9 Å². The Morgan fingerprint density at radius 2 is 0.868 bits per heavy atom. The third-order valence-corrected chi connectivity index (χ3v) is 14.0. The van der Waals surface area contributed by atoms with Gasteiger partial charge >= 0.3 is 0 Å². The van der Waals surface area contributed by atoms with Gasteiger partial charge in [0.05, 0.1) is 0 Å². The molecule has 4 fully saturated rings. The smallest absolute Gasteiger partial charge is 0.0241 e.